The number of rotatable bonds is 7. The number of hydrogen-bond acceptors (Lipinski definition) is 9. The van der Waals surface area contributed by atoms with E-state index >= 15 is 0 Å². The normalized spacial score (nSPS) is 10.5. The molecule has 0 aliphatic rings. The third kappa shape index (κ3) is 5.03. The quantitative estimate of drug-likeness (QED) is 0.559. The number of anilines is 1. The van der Waals surface area contributed by atoms with Crippen LogP contribution in [0.4, 0.5) is 9.52 Å². The highest BCUT2D eigenvalue weighted by atomic mass is 32.1. The van der Waals surface area contributed by atoms with Gasteiger partial charge in [-0.2, -0.15) is 9.78 Å². The molecule has 0 fully saturated rings. The molecule has 1 amide bonds. The molecule has 3 rings (SSSR count). The molecule has 0 saturated heterocycles. The van der Waals surface area contributed by atoms with Gasteiger partial charge >= 0.3 is 5.97 Å². The van der Waals surface area contributed by atoms with Gasteiger partial charge in [0.1, 0.15) is 10.8 Å². The molecule has 0 aliphatic heterocycles. The highest BCUT2D eigenvalue weighted by Gasteiger charge is 2.21. The molecule has 30 heavy (non-hydrogen) atoms. The fourth-order valence-corrected chi connectivity index (χ4v) is 2.91. The molecule has 0 spiro atoms. The molecule has 0 radical (unpaired) electrons. The van der Waals surface area contributed by atoms with Gasteiger partial charge < -0.3 is 9.47 Å². The van der Waals surface area contributed by atoms with Crippen molar-refractivity contribution < 1.29 is 23.5 Å². The number of halogens is 1. The Morgan fingerprint density at radius 1 is 1.23 bits per heavy atom. The van der Waals surface area contributed by atoms with Gasteiger partial charge in [-0.1, -0.05) is 11.3 Å². The van der Waals surface area contributed by atoms with E-state index in [2.05, 4.69) is 20.6 Å². The summed E-state index contributed by atoms with van der Waals surface area (Å²) in [7, 11) is 0. The van der Waals surface area contributed by atoms with Gasteiger partial charge in [0, 0.05) is 0 Å². The zero-order chi connectivity index (χ0) is 21.7. The lowest BCUT2D eigenvalue weighted by atomic mass is 10.3. The lowest BCUT2D eigenvalue weighted by molar-refractivity contribution is -0.118. The van der Waals surface area contributed by atoms with E-state index in [-0.39, 0.29) is 28.9 Å². The fraction of sp³-hybridized carbons (Fsp3) is 0.222. The molecule has 1 aromatic carbocycles. The zero-order valence-corrected chi connectivity index (χ0v) is 16.7. The maximum atomic E-state index is 13.2. The molecular formula is C18H16FN5O5S. The van der Waals surface area contributed by atoms with Crippen LogP contribution < -0.4 is 15.6 Å². The van der Waals surface area contributed by atoms with Gasteiger partial charge in [-0.25, -0.2) is 9.18 Å². The summed E-state index contributed by atoms with van der Waals surface area (Å²) in [6.07, 6.45) is 0. The van der Waals surface area contributed by atoms with E-state index < -0.39 is 29.9 Å². The largest absolute Gasteiger partial charge is 0.481 e. The van der Waals surface area contributed by atoms with Crippen LogP contribution in [0.5, 0.6) is 5.75 Å². The lowest BCUT2D eigenvalue weighted by Gasteiger charge is -2.12. The van der Waals surface area contributed by atoms with Gasteiger partial charge in [-0.15, -0.1) is 10.2 Å². The lowest BCUT2D eigenvalue weighted by Crippen LogP contribution is -2.27. The first-order valence-corrected chi connectivity index (χ1v) is 9.49. The van der Waals surface area contributed by atoms with Gasteiger partial charge in [0.05, 0.1) is 18.4 Å². The Balaban J connectivity index is 1.86. The number of aromatic nitrogens is 4. The molecule has 0 aliphatic carbocycles. The number of benzene rings is 1. The third-order valence-corrected chi connectivity index (χ3v) is 4.32. The predicted octanol–water partition coefficient (Wildman–Crippen LogP) is 1.73. The second-order valence-corrected chi connectivity index (χ2v) is 6.95. The summed E-state index contributed by atoms with van der Waals surface area (Å²) in [5, 5.41) is 15.0. The number of ether oxygens (including phenoxy) is 2. The van der Waals surface area contributed by atoms with Gasteiger partial charge in [-0.05, 0) is 38.1 Å². The smallest absolute Gasteiger partial charge is 0.362 e. The first-order chi connectivity index (χ1) is 14.4. The molecule has 0 bridgehead atoms. The van der Waals surface area contributed by atoms with Crippen molar-refractivity contribution in [2.75, 3.05) is 18.5 Å². The molecular weight excluding hydrogens is 417 g/mol. The van der Waals surface area contributed by atoms with Crippen molar-refractivity contribution in [1.82, 2.24) is 20.0 Å². The molecule has 0 atom stereocenters. The molecule has 2 heterocycles. The van der Waals surface area contributed by atoms with Crippen LogP contribution in [-0.4, -0.2) is 45.1 Å². The van der Waals surface area contributed by atoms with Gasteiger partial charge in [0.15, 0.2) is 12.4 Å². The Kier molecular flexibility index (Phi) is 6.47. The van der Waals surface area contributed by atoms with Crippen LogP contribution in [0.3, 0.4) is 0 Å². The monoisotopic (exact) mass is 433 g/mol. The maximum Gasteiger partial charge on any atom is 0.362 e. The second-order valence-electron chi connectivity index (χ2n) is 5.77. The summed E-state index contributed by atoms with van der Waals surface area (Å²) in [5.74, 6) is -2.12. The van der Waals surface area contributed by atoms with Crippen molar-refractivity contribution >= 4 is 28.3 Å². The van der Waals surface area contributed by atoms with Crippen LogP contribution in [0.2, 0.25) is 0 Å². The Hall–Kier alpha value is -3.67. The van der Waals surface area contributed by atoms with E-state index in [9.17, 15) is 18.8 Å². The minimum atomic E-state index is -0.844. The van der Waals surface area contributed by atoms with Gasteiger partial charge in [0.2, 0.25) is 10.8 Å². The number of nitrogens with one attached hydrogen (secondary N) is 1. The number of nitrogens with zero attached hydrogens (tertiary/aromatic N) is 4. The van der Waals surface area contributed by atoms with Crippen molar-refractivity contribution in [3.05, 3.63) is 57.2 Å². The molecule has 0 saturated carbocycles. The molecule has 2 aromatic heterocycles. The molecule has 0 unspecified atom stereocenters. The van der Waals surface area contributed by atoms with Gasteiger partial charge in [0.25, 0.3) is 11.5 Å². The molecule has 156 valence electrons. The number of hydrogen-bond donors (Lipinski definition) is 1. The minimum Gasteiger partial charge on any atom is -0.481 e. The summed E-state index contributed by atoms with van der Waals surface area (Å²) in [4.78, 5) is 36.8. The Morgan fingerprint density at radius 2 is 1.97 bits per heavy atom. The third-order valence-electron chi connectivity index (χ3n) is 3.57. The van der Waals surface area contributed by atoms with Crippen molar-refractivity contribution in [1.29, 1.82) is 0 Å². The number of esters is 1. The summed E-state index contributed by atoms with van der Waals surface area (Å²) >= 11 is 1.18. The molecule has 12 heteroatoms. The average Bonchev–Trinajstić information content (AvgIpc) is 3.12. The maximum absolute atomic E-state index is 13.2. The number of aryl methyl sites for hydroxylation is 1. The number of carbonyl (C=O) groups is 2. The van der Waals surface area contributed by atoms with Crippen LogP contribution in [-0.2, 0) is 9.53 Å². The van der Waals surface area contributed by atoms with E-state index in [0.717, 1.165) is 22.9 Å². The van der Waals surface area contributed by atoms with E-state index in [1.807, 2.05) is 0 Å². The van der Waals surface area contributed by atoms with Crippen LogP contribution in [0.25, 0.3) is 5.69 Å². The highest BCUT2D eigenvalue weighted by molar-refractivity contribution is 7.15. The van der Waals surface area contributed by atoms with Crippen molar-refractivity contribution in [2.45, 2.75) is 13.8 Å². The fourth-order valence-electron chi connectivity index (χ4n) is 2.30. The minimum absolute atomic E-state index is 0.0620. The topological polar surface area (TPSA) is 125 Å². The van der Waals surface area contributed by atoms with E-state index in [1.54, 1.807) is 13.8 Å². The van der Waals surface area contributed by atoms with Crippen LogP contribution in [0.15, 0.2) is 35.1 Å². The highest BCUT2D eigenvalue weighted by Crippen LogP contribution is 2.17. The Bertz CT molecular complexity index is 1130. The predicted molar refractivity (Wildman–Crippen MR) is 105 cm³/mol. The number of carbonyl (C=O) groups excluding carboxylic acids is 2. The van der Waals surface area contributed by atoms with Crippen LogP contribution in [0, 0.1) is 12.7 Å². The molecule has 10 nitrogen and oxygen atoms in total. The summed E-state index contributed by atoms with van der Waals surface area (Å²) in [5.41, 5.74) is -0.715. The van der Waals surface area contributed by atoms with Gasteiger partial charge in [-0.3, -0.25) is 14.9 Å². The second kappa shape index (κ2) is 9.22. The van der Waals surface area contributed by atoms with E-state index in [1.165, 1.54) is 23.5 Å². The first kappa shape index (κ1) is 21.0. The van der Waals surface area contributed by atoms with Crippen molar-refractivity contribution in [3.63, 3.8) is 0 Å². The Labute approximate surface area is 173 Å². The van der Waals surface area contributed by atoms with E-state index in [0.29, 0.717) is 5.01 Å². The standard InChI is InChI=1S/C18H16FN5O5S/c1-3-28-17(27)16-13(29-9-14(25)20-18-22-21-10(2)30-18)8-15(26)24(23-16)12-6-4-11(19)5-7-12/h4-8H,3,9H2,1-2H3,(H,20,22,25). The van der Waals surface area contributed by atoms with Crippen LogP contribution in [0.1, 0.15) is 22.4 Å². The Morgan fingerprint density at radius 3 is 2.60 bits per heavy atom. The summed E-state index contributed by atoms with van der Waals surface area (Å²) < 4.78 is 24.4. The van der Waals surface area contributed by atoms with Crippen molar-refractivity contribution in [2.24, 2.45) is 0 Å². The summed E-state index contributed by atoms with van der Waals surface area (Å²) in [6, 6.07) is 5.97. The molecule has 1 N–H and O–H groups in total. The summed E-state index contributed by atoms with van der Waals surface area (Å²) in [6.45, 7) is 2.89. The SMILES string of the molecule is CCOC(=O)c1nn(-c2ccc(F)cc2)c(=O)cc1OCC(=O)Nc1nnc(C)s1. The van der Waals surface area contributed by atoms with Crippen LogP contribution >= 0.6 is 11.3 Å². The van der Waals surface area contributed by atoms with Crippen molar-refractivity contribution in [3.8, 4) is 11.4 Å². The van der Waals surface area contributed by atoms with E-state index in [4.69, 9.17) is 9.47 Å². The average molecular weight is 433 g/mol. The molecule has 3 aromatic rings. The first-order valence-electron chi connectivity index (χ1n) is 8.67. The number of amides is 1. The zero-order valence-electron chi connectivity index (χ0n) is 15.9.